The lowest BCUT2D eigenvalue weighted by atomic mass is 10.0. The van der Waals surface area contributed by atoms with Crippen LogP contribution in [0.5, 0.6) is 0 Å². The number of oxime groups is 1. The lowest BCUT2D eigenvalue weighted by Gasteiger charge is -2.30. The van der Waals surface area contributed by atoms with Crippen molar-refractivity contribution in [2.75, 3.05) is 6.54 Å². The standard InChI is InChI=1S/C11H21N3O2/c1-4-7-14(8(2)3)10(15)11(5-6-11)9(12)13-16/h8,16H,4-7H2,1-3H3,(H2,12,13). The van der Waals surface area contributed by atoms with E-state index in [1.165, 1.54) is 0 Å². The molecule has 1 aliphatic rings. The Morgan fingerprint density at radius 2 is 2.12 bits per heavy atom. The van der Waals surface area contributed by atoms with Gasteiger partial charge in [0, 0.05) is 12.6 Å². The van der Waals surface area contributed by atoms with E-state index in [-0.39, 0.29) is 17.8 Å². The molecule has 1 fully saturated rings. The van der Waals surface area contributed by atoms with Gasteiger partial charge < -0.3 is 15.8 Å². The number of amides is 1. The van der Waals surface area contributed by atoms with Crippen molar-refractivity contribution in [3.05, 3.63) is 0 Å². The predicted octanol–water partition coefficient (Wildman–Crippen LogP) is 1.16. The first-order chi connectivity index (χ1) is 7.49. The highest BCUT2D eigenvalue weighted by atomic mass is 16.4. The van der Waals surface area contributed by atoms with E-state index in [0.717, 1.165) is 13.0 Å². The van der Waals surface area contributed by atoms with E-state index in [2.05, 4.69) is 5.16 Å². The minimum absolute atomic E-state index is 0.000324. The van der Waals surface area contributed by atoms with E-state index < -0.39 is 5.41 Å². The Balaban J connectivity index is 2.83. The van der Waals surface area contributed by atoms with Crippen molar-refractivity contribution in [3.63, 3.8) is 0 Å². The molecule has 1 aliphatic carbocycles. The van der Waals surface area contributed by atoms with Crippen LogP contribution in [-0.2, 0) is 4.79 Å². The van der Waals surface area contributed by atoms with Crippen LogP contribution in [0.4, 0.5) is 0 Å². The summed E-state index contributed by atoms with van der Waals surface area (Å²) in [6, 6.07) is 0.149. The summed E-state index contributed by atoms with van der Waals surface area (Å²) in [4.78, 5) is 14.1. The van der Waals surface area contributed by atoms with Gasteiger partial charge in [0.05, 0.1) is 0 Å². The summed E-state index contributed by atoms with van der Waals surface area (Å²) < 4.78 is 0. The average molecular weight is 227 g/mol. The Hall–Kier alpha value is -1.26. The molecule has 5 nitrogen and oxygen atoms in total. The molecule has 1 amide bonds. The highest BCUT2D eigenvalue weighted by Crippen LogP contribution is 2.47. The highest BCUT2D eigenvalue weighted by Gasteiger charge is 2.55. The normalized spacial score (nSPS) is 18.6. The molecule has 0 unspecified atom stereocenters. The summed E-state index contributed by atoms with van der Waals surface area (Å²) in [5.41, 5.74) is 4.89. The predicted molar refractivity (Wildman–Crippen MR) is 62.2 cm³/mol. The van der Waals surface area contributed by atoms with Crippen LogP contribution in [0.25, 0.3) is 0 Å². The number of nitrogens with two attached hydrogens (primary N) is 1. The number of hydrogen-bond donors (Lipinski definition) is 2. The molecule has 0 aromatic carbocycles. The molecule has 92 valence electrons. The smallest absolute Gasteiger partial charge is 0.236 e. The SMILES string of the molecule is CCCN(C(=O)C1(C(N)=NO)CC1)C(C)C. The van der Waals surface area contributed by atoms with Gasteiger partial charge in [0.25, 0.3) is 0 Å². The van der Waals surface area contributed by atoms with Crippen LogP contribution in [0.15, 0.2) is 5.16 Å². The molecule has 0 heterocycles. The van der Waals surface area contributed by atoms with Crippen molar-refractivity contribution >= 4 is 11.7 Å². The number of carbonyl (C=O) groups excluding carboxylic acids is 1. The molecule has 0 radical (unpaired) electrons. The van der Waals surface area contributed by atoms with Crippen LogP contribution in [-0.4, -0.2) is 34.4 Å². The zero-order valence-electron chi connectivity index (χ0n) is 10.2. The van der Waals surface area contributed by atoms with E-state index in [1.54, 1.807) is 0 Å². The Morgan fingerprint density at radius 1 is 1.56 bits per heavy atom. The Labute approximate surface area is 96.3 Å². The third-order valence-electron chi connectivity index (χ3n) is 3.11. The molecule has 0 aromatic rings. The van der Waals surface area contributed by atoms with Gasteiger partial charge in [-0.1, -0.05) is 12.1 Å². The maximum atomic E-state index is 12.3. The molecule has 0 bridgehead atoms. The number of amidine groups is 1. The fraction of sp³-hybridized carbons (Fsp3) is 0.818. The molecule has 5 heteroatoms. The zero-order valence-corrected chi connectivity index (χ0v) is 10.2. The summed E-state index contributed by atoms with van der Waals surface area (Å²) >= 11 is 0. The first-order valence-corrected chi connectivity index (χ1v) is 5.78. The molecule has 0 aromatic heterocycles. The Morgan fingerprint density at radius 3 is 2.44 bits per heavy atom. The van der Waals surface area contributed by atoms with E-state index in [9.17, 15) is 4.79 Å². The summed E-state index contributed by atoms with van der Waals surface area (Å²) in [5.74, 6) is 0.0545. The van der Waals surface area contributed by atoms with E-state index >= 15 is 0 Å². The monoisotopic (exact) mass is 227 g/mol. The lowest BCUT2D eigenvalue weighted by molar-refractivity contribution is -0.136. The number of nitrogens with zero attached hydrogens (tertiary/aromatic N) is 2. The van der Waals surface area contributed by atoms with Crippen molar-refractivity contribution in [1.29, 1.82) is 0 Å². The van der Waals surface area contributed by atoms with Gasteiger partial charge in [0.15, 0.2) is 5.84 Å². The van der Waals surface area contributed by atoms with Gasteiger partial charge in [-0.05, 0) is 33.1 Å². The largest absolute Gasteiger partial charge is 0.409 e. The van der Waals surface area contributed by atoms with Gasteiger partial charge in [0.2, 0.25) is 5.91 Å². The third kappa shape index (κ3) is 2.13. The zero-order chi connectivity index (χ0) is 12.3. The van der Waals surface area contributed by atoms with Crippen LogP contribution in [0.3, 0.4) is 0 Å². The lowest BCUT2D eigenvalue weighted by Crippen LogP contribution is -2.46. The van der Waals surface area contributed by atoms with Crippen LogP contribution in [0.2, 0.25) is 0 Å². The second-order valence-electron chi connectivity index (χ2n) is 4.66. The summed E-state index contributed by atoms with van der Waals surface area (Å²) in [6.45, 7) is 6.72. The average Bonchev–Trinajstić information content (AvgIpc) is 3.04. The number of rotatable bonds is 5. The minimum atomic E-state index is -0.714. The molecule has 1 saturated carbocycles. The van der Waals surface area contributed by atoms with Crippen LogP contribution in [0.1, 0.15) is 40.0 Å². The Bertz CT molecular complexity index is 296. The fourth-order valence-electron chi connectivity index (χ4n) is 1.91. The van der Waals surface area contributed by atoms with Crippen molar-refractivity contribution in [2.45, 2.75) is 46.1 Å². The van der Waals surface area contributed by atoms with Crippen molar-refractivity contribution in [2.24, 2.45) is 16.3 Å². The van der Waals surface area contributed by atoms with E-state index in [4.69, 9.17) is 10.9 Å². The summed E-state index contributed by atoms with van der Waals surface area (Å²) in [5, 5.41) is 11.7. The highest BCUT2D eigenvalue weighted by molar-refractivity contribution is 6.09. The van der Waals surface area contributed by atoms with E-state index in [0.29, 0.717) is 12.8 Å². The second-order valence-corrected chi connectivity index (χ2v) is 4.66. The first-order valence-electron chi connectivity index (χ1n) is 5.78. The molecule has 0 spiro atoms. The fourth-order valence-corrected chi connectivity index (χ4v) is 1.91. The van der Waals surface area contributed by atoms with E-state index in [1.807, 2.05) is 25.7 Å². The number of hydrogen-bond acceptors (Lipinski definition) is 3. The molecule has 0 saturated heterocycles. The molecular formula is C11H21N3O2. The molecule has 16 heavy (non-hydrogen) atoms. The topological polar surface area (TPSA) is 78.9 Å². The van der Waals surface area contributed by atoms with Crippen LogP contribution >= 0.6 is 0 Å². The van der Waals surface area contributed by atoms with Gasteiger partial charge >= 0.3 is 0 Å². The van der Waals surface area contributed by atoms with Crippen LogP contribution in [0, 0.1) is 5.41 Å². The second kappa shape index (κ2) is 4.72. The molecule has 1 rings (SSSR count). The maximum Gasteiger partial charge on any atom is 0.236 e. The molecule has 3 N–H and O–H groups in total. The van der Waals surface area contributed by atoms with Crippen molar-refractivity contribution in [3.8, 4) is 0 Å². The van der Waals surface area contributed by atoms with Gasteiger partial charge in [-0.3, -0.25) is 4.79 Å². The number of carbonyl (C=O) groups is 1. The summed E-state index contributed by atoms with van der Waals surface area (Å²) in [7, 11) is 0. The van der Waals surface area contributed by atoms with Gasteiger partial charge in [0.1, 0.15) is 5.41 Å². The van der Waals surface area contributed by atoms with Crippen LogP contribution < -0.4 is 5.73 Å². The van der Waals surface area contributed by atoms with Crippen molar-refractivity contribution in [1.82, 2.24) is 4.90 Å². The van der Waals surface area contributed by atoms with Gasteiger partial charge in [-0.2, -0.15) is 0 Å². The Kier molecular flexibility index (Phi) is 3.78. The third-order valence-corrected chi connectivity index (χ3v) is 3.11. The maximum absolute atomic E-state index is 12.3. The minimum Gasteiger partial charge on any atom is -0.409 e. The summed E-state index contributed by atoms with van der Waals surface area (Å²) in [6.07, 6.45) is 2.29. The molecular weight excluding hydrogens is 206 g/mol. The quantitative estimate of drug-likeness (QED) is 0.320. The molecule has 0 atom stereocenters. The van der Waals surface area contributed by atoms with Gasteiger partial charge in [-0.15, -0.1) is 0 Å². The molecule has 0 aliphatic heterocycles. The van der Waals surface area contributed by atoms with Gasteiger partial charge in [-0.25, -0.2) is 0 Å². The first kappa shape index (κ1) is 12.8. The van der Waals surface area contributed by atoms with Crippen molar-refractivity contribution < 1.29 is 10.0 Å².